The second kappa shape index (κ2) is 8.05. The lowest BCUT2D eigenvalue weighted by Gasteiger charge is -2.13. The number of anilines is 2. The van der Waals surface area contributed by atoms with Crippen LogP contribution in [0, 0.1) is 0 Å². The van der Waals surface area contributed by atoms with Crippen LogP contribution in [0.3, 0.4) is 0 Å². The van der Waals surface area contributed by atoms with Crippen molar-refractivity contribution in [2.75, 3.05) is 5.32 Å². The van der Waals surface area contributed by atoms with Crippen LogP contribution in [0.4, 0.5) is 24.7 Å². The highest BCUT2D eigenvalue weighted by Gasteiger charge is 2.30. The quantitative estimate of drug-likeness (QED) is 0.489. The van der Waals surface area contributed by atoms with Gasteiger partial charge in [0.1, 0.15) is 5.69 Å². The van der Waals surface area contributed by atoms with Crippen molar-refractivity contribution in [1.82, 2.24) is 9.97 Å². The van der Waals surface area contributed by atoms with E-state index in [4.69, 9.17) is 0 Å². The fourth-order valence-corrected chi connectivity index (χ4v) is 3.84. The van der Waals surface area contributed by atoms with Gasteiger partial charge in [-0.25, -0.2) is 4.98 Å². The fraction of sp³-hybridized carbons (Fsp3) is 0.0476. The molecule has 0 unspecified atom stereocenters. The molecule has 0 aliphatic carbocycles. The van der Waals surface area contributed by atoms with Crippen molar-refractivity contribution in [3.05, 3.63) is 91.3 Å². The van der Waals surface area contributed by atoms with Crippen LogP contribution in [-0.2, 0) is 10.7 Å². The molecule has 0 atom stereocenters. The zero-order chi connectivity index (χ0) is 21.1. The third-order valence-corrected chi connectivity index (χ3v) is 6.45. The summed E-state index contributed by atoms with van der Waals surface area (Å²) in [6.07, 6.45) is -1.40. The summed E-state index contributed by atoms with van der Waals surface area (Å²) in [5, 5.41) is 3.58. The predicted octanol–water partition coefficient (Wildman–Crippen LogP) is 6.18. The molecule has 8 heteroatoms. The molecule has 3 rings (SSSR count). The van der Waals surface area contributed by atoms with E-state index in [-0.39, 0.29) is 0 Å². The van der Waals surface area contributed by atoms with Gasteiger partial charge < -0.3 is 9.88 Å². The number of halogens is 3. The average molecular weight is 415 g/mol. The minimum atomic E-state index is -4.39. The summed E-state index contributed by atoms with van der Waals surface area (Å²) in [4.78, 5) is 8.56. The number of alkyl halides is 3. The number of benzene rings is 2. The standard InChI is InChI=1S/C21H17F3N3OP/c1-3-29(28,4-2)18-11-5-15(6-12-18)19-20(26-14-13-25-19)27-17-9-7-16(8-10-17)21(22,23)24/h3-14H,1-2H2,(H,26,27). The minimum Gasteiger partial charge on any atom is -0.338 e. The molecule has 148 valence electrons. The molecule has 0 spiro atoms. The van der Waals surface area contributed by atoms with Gasteiger partial charge in [0.15, 0.2) is 13.0 Å². The molecule has 0 bridgehead atoms. The first-order valence-electron chi connectivity index (χ1n) is 8.50. The van der Waals surface area contributed by atoms with E-state index in [1.54, 1.807) is 24.3 Å². The molecule has 0 aliphatic heterocycles. The normalized spacial score (nSPS) is 11.7. The van der Waals surface area contributed by atoms with E-state index in [0.29, 0.717) is 28.1 Å². The molecule has 0 saturated heterocycles. The molecule has 4 nitrogen and oxygen atoms in total. The number of hydrogen-bond donors (Lipinski definition) is 1. The van der Waals surface area contributed by atoms with Gasteiger partial charge in [0.25, 0.3) is 0 Å². The van der Waals surface area contributed by atoms with Gasteiger partial charge in [-0.3, -0.25) is 4.98 Å². The fourth-order valence-electron chi connectivity index (χ4n) is 2.66. The minimum absolute atomic E-state index is 0.385. The van der Waals surface area contributed by atoms with E-state index in [9.17, 15) is 17.7 Å². The van der Waals surface area contributed by atoms with Crippen molar-refractivity contribution in [1.29, 1.82) is 0 Å². The van der Waals surface area contributed by atoms with Gasteiger partial charge in [0.05, 0.1) is 5.56 Å². The Balaban J connectivity index is 1.90. The first kappa shape index (κ1) is 20.6. The lowest BCUT2D eigenvalue weighted by atomic mass is 10.1. The lowest BCUT2D eigenvalue weighted by Crippen LogP contribution is -2.05. The van der Waals surface area contributed by atoms with Crippen LogP contribution in [0.2, 0.25) is 0 Å². The summed E-state index contributed by atoms with van der Waals surface area (Å²) < 4.78 is 50.8. The molecule has 0 radical (unpaired) electrons. The predicted molar refractivity (Wildman–Crippen MR) is 110 cm³/mol. The summed E-state index contributed by atoms with van der Waals surface area (Å²) in [5.41, 5.74) is 0.924. The van der Waals surface area contributed by atoms with Crippen LogP contribution < -0.4 is 10.6 Å². The van der Waals surface area contributed by atoms with Crippen molar-refractivity contribution in [2.45, 2.75) is 6.18 Å². The Kier molecular flexibility index (Phi) is 5.71. The third-order valence-electron chi connectivity index (χ3n) is 4.26. The van der Waals surface area contributed by atoms with Crippen molar-refractivity contribution in [3.8, 4) is 11.3 Å². The van der Waals surface area contributed by atoms with Gasteiger partial charge >= 0.3 is 6.18 Å². The zero-order valence-electron chi connectivity index (χ0n) is 15.2. The highest BCUT2D eigenvalue weighted by Crippen LogP contribution is 2.46. The number of nitrogens with zero attached hydrogens (tertiary/aromatic N) is 2. The van der Waals surface area contributed by atoms with E-state index >= 15 is 0 Å². The van der Waals surface area contributed by atoms with Gasteiger partial charge in [-0.15, -0.1) is 0 Å². The largest absolute Gasteiger partial charge is 0.416 e. The summed E-state index contributed by atoms with van der Waals surface area (Å²) in [7, 11) is -2.85. The van der Waals surface area contributed by atoms with Crippen LogP contribution in [0.15, 0.2) is 85.7 Å². The smallest absolute Gasteiger partial charge is 0.338 e. The number of nitrogens with one attached hydrogen (secondary N) is 1. The maximum atomic E-state index is 12.7. The molecule has 3 aromatic rings. The van der Waals surface area contributed by atoms with Gasteiger partial charge in [0.2, 0.25) is 0 Å². The SMILES string of the molecule is C=CP(=O)(C=C)c1ccc(-c2nccnc2Nc2ccc(C(F)(F)F)cc2)cc1. The van der Waals surface area contributed by atoms with E-state index in [2.05, 4.69) is 28.4 Å². The van der Waals surface area contributed by atoms with Gasteiger partial charge in [-0.05, 0) is 35.9 Å². The Bertz CT molecular complexity index is 1070. The molecule has 0 aliphatic rings. The summed E-state index contributed by atoms with van der Waals surface area (Å²) in [5.74, 6) is 3.15. The van der Waals surface area contributed by atoms with E-state index < -0.39 is 18.9 Å². The zero-order valence-corrected chi connectivity index (χ0v) is 16.1. The summed E-state index contributed by atoms with van der Waals surface area (Å²) >= 11 is 0. The Morgan fingerprint density at radius 2 is 1.48 bits per heavy atom. The average Bonchev–Trinajstić information content (AvgIpc) is 2.73. The van der Waals surface area contributed by atoms with Crippen LogP contribution >= 0.6 is 7.14 Å². The molecule has 1 aromatic heterocycles. The van der Waals surface area contributed by atoms with E-state index in [1.807, 2.05) is 0 Å². The first-order chi connectivity index (χ1) is 13.8. The van der Waals surface area contributed by atoms with Crippen LogP contribution in [-0.4, -0.2) is 9.97 Å². The highest BCUT2D eigenvalue weighted by atomic mass is 31.2. The lowest BCUT2D eigenvalue weighted by molar-refractivity contribution is -0.137. The van der Waals surface area contributed by atoms with Crippen LogP contribution in [0.1, 0.15) is 5.56 Å². The van der Waals surface area contributed by atoms with E-state index in [0.717, 1.165) is 12.1 Å². The number of hydrogen-bond acceptors (Lipinski definition) is 4. The van der Waals surface area contributed by atoms with Crippen molar-refractivity contribution >= 4 is 24.0 Å². The van der Waals surface area contributed by atoms with Gasteiger partial charge in [-0.1, -0.05) is 37.4 Å². The Hall–Kier alpha value is -3.18. The molecular formula is C21H17F3N3OP. The van der Waals surface area contributed by atoms with Crippen molar-refractivity contribution < 1.29 is 17.7 Å². The molecule has 1 N–H and O–H groups in total. The van der Waals surface area contributed by atoms with Gasteiger partial charge in [-0.2, -0.15) is 13.2 Å². The summed E-state index contributed by atoms with van der Waals surface area (Å²) in [6, 6.07) is 11.5. The van der Waals surface area contributed by atoms with Crippen LogP contribution in [0.25, 0.3) is 11.3 Å². The van der Waals surface area contributed by atoms with Crippen molar-refractivity contribution in [2.24, 2.45) is 0 Å². The third kappa shape index (κ3) is 4.46. The number of rotatable bonds is 6. The first-order valence-corrected chi connectivity index (χ1v) is 10.3. The Labute approximate surface area is 166 Å². The second-order valence-corrected chi connectivity index (χ2v) is 8.74. The molecule has 0 amide bonds. The topological polar surface area (TPSA) is 54.9 Å². The van der Waals surface area contributed by atoms with Gasteiger partial charge in [0, 0.05) is 28.9 Å². The second-order valence-electron chi connectivity index (χ2n) is 6.08. The number of aromatic nitrogens is 2. The molecule has 0 saturated carbocycles. The monoisotopic (exact) mass is 415 g/mol. The molecule has 1 heterocycles. The molecule has 29 heavy (non-hydrogen) atoms. The Morgan fingerprint density at radius 1 is 0.897 bits per heavy atom. The molecule has 0 fully saturated rings. The van der Waals surface area contributed by atoms with Crippen molar-refractivity contribution in [3.63, 3.8) is 0 Å². The molecule has 2 aromatic carbocycles. The maximum absolute atomic E-state index is 12.7. The van der Waals surface area contributed by atoms with Crippen LogP contribution in [0.5, 0.6) is 0 Å². The van der Waals surface area contributed by atoms with E-state index in [1.165, 1.54) is 36.2 Å². The summed E-state index contributed by atoms with van der Waals surface area (Å²) in [6.45, 7) is 7.21. The molecular weight excluding hydrogens is 398 g/mol. The Morgan fingerprint density at radius 3 is 2.03 bits per heavy atom. The highest BCUT2D eigenvalue weighted by molar-refractivity contribution is 7.77. The maximum Gasteiger partial charge on any atom is 0.416 e.